The third-order valence-corrected chi connectivity index (χ3v) is 6.65. The van der Waals surface area contributed by atoms with Gasteiger partial charge in [-0.2, -0.15) is 13.2 Å². The van der Waals surface area contributed by atoms with Crippen LogP contribution in [0.1, 0.15) is 16.7 Å². The summed E-state index contributed by atoms with van der Waals surface area (Å²) in [5.41, 5.74) is 1.01. The van der Waals surface area contributed by atoms with Gasteiger partial charge in [0.15, 0.2) is 0 Å². The van der Waals surface area contributed by atoms with E-state index >= 15 is 0 Å². The smallest absolute Gasteiger partial charge is 0.299 e. The first-order valence-corrected chi connectivity index (χ1v) is 11.3. The van der Waals surface area contributed by atoms with Gasteiger partial charge in [0.25, 0.3) is 0 Å². The van der Waals surface area contributed by atoms with E-state index in [4.69, 9.17) is 0 Å². The quantitative estimate of drug-likeness (QED) is 0.718. The van der Waals surface area contributed by atoms with Crippen molar-refractivity contribution in [3.63, 3.8) is 0 Å². The van der Waals surface area contributed by atoms with E-state index in [1.54, 1.807) is 30.3 Å². The van der Waals surface area contributed by atoms with Crippen molar-refractivity contribution in [3.05, 3.63) is 65.2 Å². The Balaban J connectivity index is 1.43. The molecule has 9 heteroatoms. The molecule has 1 aliphatic heterocycles. The molecule has 164 valence electrons. The van der Waals surface area contributed by atoms with Gasteiger partial charge in [0.05, 0.1) is 10.5 Å². The van der Waals surface area contributed by atoms with Crippen LogP contribution in [0, 0.1) is 6.92 Å². The van der Waals surface area contributed by atoms with Crippen LogP contribution in [0.2, 0.25) is 0 Å². The molecule has 2 aromatic carbocycles. The standard InChI is InChI=1S/C21H26F3N3O2S/c1-17-5-7-20(8-6-17)30(28,29)25-9-10-26-11-13-27(14-12-26)16-18-3-2-4-19(15-18)21(22,23)24/h2-8,15,25H,9-14,16H2,1H3. The van der Waals surface area contributed by atoms with E-state index in [1.807, 2.05) is 6.92 Å². The largest absolute Gasteiger partial charge is 0.416 e. The monoisotopic (exact) mass is 441 g/mol. The van der Waals surface area contributed by atoms with Crippen molar-refractivity contribution in [3.8, 4) is 0 Å². The van der Waals surface area contributed by atoms with Gasteiger partial charge in [-0.05, 0) is 30.7 Å². The average Bonchev–Trinajstić information content (AvgIpc) is 2.69. The summed E-state index contributed by atoms with van der Waals surface area (Å²) >= 11 is 0. The molecular weight excluding hydrogens is 415 g/mol. The van der Waals surface area contributed by atoms with Crippen molar-refractivity contribution in [2.24, 2.45) is 0 Å². The van der Waals surface area contributed by atoms with E-state index in [0.29, 0.717) is 25.2 Å². The van der Waals surface area contributed by atoms with Gasteiger partial charge in [-0.3, -0.25) is 9.80 Å². The Bertz CT molecular complexity index is 939. The molecule has 0 bridgehead atoms. The summed E-state index contributed by atoms with van der Waals surface area (Å²) in [6, 6.07) is 12.1. The molecule has 0 radical (unpaired) electrons. The predicted molar refractivity (Wildman–Crippen MR) is 110 cm³/mol. The molecule has 0 saturated carbocycles. The number of nitrogens with one attached hydrogen (secondary N) is 1. The van der Waals surface area contributed by atoms with Crippen LogP contribution >= 0.6 is 0 Å². The van der Waals surface area contributed by atoms with Crippen LogP contribution in [-0.2, 0) is 22.7 Å². The molecular formula is C21H26F3N3O2S. The highest BCUT2D eigenvalue weighted by Gasteiger charge is 2.30. The lowest BCUT2D eigenvalue weighted by molar-refractivity contribution is -0.137. The molecule has 0 aromatic heterocycles. The first kappa shape index (κ1) is 22.7. The Morgan fingerprint density at radius 1 is 0.967 bits per heavy atom. The Morgan fingerprint density at radius 2 is 1.60 bits per heavy atom. The zero-order valence-corrected chi connectivity index (χ0v) is 17.6. The Kier molecular flexibility index (Phi) is 7.18. The maximum absolute atomic E-state index is 12.9. The van der Waals surface area contributed by atoms with E-state index < -0.39 is 21.8 Å². The van der Waals surface area contributed by atoms with E-state index in [2.05, 4.69) is 14.5 Å². The number of hydrogen-bond acceptors (Lipinski definition) is 4. The summed E-state index contributed by atoms with van der Waals surface area (Å²) in [6.45, 7) is 6.19. The van der Waals surface area contributed by atoms with E-state index in [0.717, 1.165) is 37.8 Å². The Hall–Kier alpha value is -1.94. The van der Waals surface area contributed by atoms with E-state index in [1.165, 1.54) is 12.1 Å². The second kappa shape index (κ2) is 9.47. The van der Waals surface area contributed by atoms with Crippen LogP contribution in [0.4, 0.5) is 13.2 Å². The second-order valence-corrected chi connectivity index (χ2v) is 9.29. The van der Waals surface area contributed by atoms with Gasteiger partial charge in [-0.1, -0.05) is 35.9 Å². The van der Waals surface area contributed by atoms with Gasteiger partial charge in [-0.15, -0.1) is 0 Å². The zero-order valence-electron chi connectivity index (χ0n) is 16.8. The number of piperazine rings is 1. The number of aryl methyl sites for hydroxylation is 1. The highest BCUT2D eigenvalue weighted by molar-refractivity contribution is 7.89. The summed E-state index contributed by atoms with van der Waals surface area (Å²) in [4.78, 5) is 4.52. The summed E-state index contributed by atoms with van der Waals surface area (Å²) in [5, 5.41) is 0. The summed E-state index contributed by atoms with van der Waals surface area (Å²) < 4.78 is 65.8. The van der Waals surface area contributed by atoms with Crippen LogP contribution in [0.15, 0.2) is 53.4 Å². The third kappa shape index (κ3) is 6.28. The fraction of sp³-hybridized carbons (Fsp3) is 0.429. The number of alkyl halides is 3. The minimum absolute atomic E-state index is 0.249. The van der Waals surface area contributed by atoms with Gasteiger partial charge in [0, 0.05) is 45.8 Å². The highest BCUT2D eigenvalue weighted by atomic mass is 32.2. The van der Waals surface area contributed by atoms with Gasteiger partial charge >= 0.3 is 6.18 Å². The molecule has 0 aliphatic carbocycles. The van der Waals surface area contributed by atoms with Crippen molar-refractivity contribution in [1.82, 2.24) is 14.5 Å². The molecule has 1 heterocycles. The Labute approximate surface area is 175 Å². The SMILES string of the molecule is Cc1ccc(S(=O)(=O)NCCN2CCN(Cc3cccc(C(F)(F)F)c3)CC2)cc1. The number of nitrogens with zero attached hydrogens (tertiary/aromatic N) is 2. The molecule has 1 aliphatic rings. The fourth-order valence-electron chi connectivity index (χ4n) is 3.41. The maximum Gasteiger partial charge on any atom is 0.416 e. The molecule has 5 nitrogen and oxygen atoms in total. The predicted octanol–water partition coefficient (Wildman–Crippen LogP) is 3.11. The van der Waals surface area contributed by atoms with E-state index in [9.17, 15) is 21.6 Å². The maximum atomic E-state index is 12.9. The average molecular weight is 442 g/mol. The topological polar surface area (TPSA) is 52.7 Å². The summed E-state index contributed by atoms with van der Waals surface area (Å²) in [5.74, 6) is 0. The summed E-state index contributed by atoms with van der Waals surface area (Å²) in [7, 11) is -3.52. The van der Waals surface area contributed by atoms with Gasteiger partial charge in [0.2, 0.25) is 10.0 Å². The first-order chi connectivity index (χ1) is 14.1. The molecule has 2 aromatic rings. The lowest BCUT2D eigenvalue weighted by atomic mass is 10.1. The fourth-order valence-corrected chi connectivity index (χ4v) is 4.44. The number of hydrogen-bond donors (Lipinski definition) is 1. The van der Waals surface area contributed by atoms with Crippen molar-refractivity contribution in [2.75, 3.05) is 39.3 Å². The molecule has 1 saturated heterocycles. The minimum Gasteiger partial charge on any atom is -0.299 e. The van der Waals surface area contributed by atoms with Crippen LogP contribution in [0.5, 0.6) is 0 Å². The van der Waals surface area contributed by atoms with Crippen molar-refractivity contribution < 1.29 is 21.6 Å². The molecule has 0 atom stereocenters. The molecule has 1 N–H and O–H groups in total. The van der Waals surface area contributed by atoms with Crippen LogP contribution in [0.25, 0.3) is 0 Å². The highest BCUT2D eigenvalue weighted by Crippen LogP contribution is 2.29. The first-order valence-electron chi connectivity index (χ1n) is 9.81. The van der Waals surface area contributed by atoms with Gasteiger partial charge < -0.3 is 0 Å². The lowest BCUT2D eigenvalue weighted by Gasteiger charge is -2.34. The number of sulfonamides is 1. The minimum atomic E-state index is -4.33. The molecule has 3 rings (SSSR count). The lowest BCUT2D eigenvalue weighted by Crippen LogP contribution is -2.48. The second-order valence-electron chi connectivity index (χ2n) is 7.53. The van der Waals surface area contributed by atoms with Crippen LogP contribution < -0.4 is 4.72 Å². The van der Waals surface area contributed by atoms with Crippen molar-refractivity contribution >= 4 is 10.0 Å². The Morgan fingerprint density at radius 3 is 2.23 bits per heavy atom. The number of halogens is 3. The molecule has 30 heavy (non-hydrogen) atoms. The molecule has 1 fully saturated rings. The zero-order chi connectivity index (χ0) is 21.8. The van der Waals surface area contributed by atoms with E-state index in [-0.39, 0.29) is 4.90 Å². The molecule has 0 spiro atoms. The normalized spacial score (nSPS) is 16.7. The van der Waals surface area contributed by atoms with Crippen molar-refractivity contribution in [2.45, 2.75) is 24.5 Å². The molecule has 0 amide bonds. The van der Waals surface area contributed by atoms with Gasteiger partial charge in [0.1, 0.15) is 0 Å². The van der Waals surface area contributed by atoms with Gasteiger partial charge in [-0.25, -0.2) is 13.1 Å². The van der Waals surface area contributed by atoms with Crippen LogP contribution in [0.3, 0.4) is 0 Å². The third-order valence-electron chi connectivity index (χ3n) is 5.18. The van der Waals surface area contributed by atoms with Crippen molar-refractivity contribution in [1.29, 1.82) is 0 Å². The number of benzene rings is 2. The summed E-state index contributed by atoms with van der Waals surface area (Å²) in [6.07, 6.45) is -4.33. The van der Waals surface area contributed by atoms with Crippen LogP contribution in [-0.4, -0.2) is 57.5 Å². The number of rotatable bonds is 7. The molecule has 0 unspecified atom stereocenters.